The molecule has 0 saturated heterocycles. The Labute approximate surface area is 299 Å². The van der Waals surface area contributed by atoms with E-state index >= 15 is 0 Å². The highest BCUT2D eigenvalue weighted by Gasteiger charge is 2.38. The maximum Gasteiger partial charge on any atom is 0.0316 e. The summed E-state index contributed by atoms with van der Waals surface area (Å²) in [4.78, 5) is 0. The SMILES string of the molecule is CCCCCCCCCCCC1CCC(c2ccc(C(C)c3ccc(N)cc3C)cc2)(c2ccc(C(C)c3ccc(N)cc3C)cc2)CC1. The summed E-state index contributed by atoms with van der Waals surface area (Å²) in [5, 5.41) is 0. The van der Waals surface area contributed by atoms with Crippen molar-refractivity contribution in [3.05, 3.63) is 129 Å². The van der Waals surface area contributed by atoms with Gasteiger partial charge < -0.3 is 11.5 Å². The van der Waals surface area contributed by atoms with Gasteiger partial charge in [0.25, 0.3) is 0 Å². The molecule has 5 rings (SSSR count). The molecular weight excluding hydrogens is 593 g/mol. The molecular formula is C47H64N2. The summed E-state index contributed by atoms with van der Waals surface area (Å²) in [6.07, 6.45) is 19.2. The molecule has 2 atom stereocenters. The Balaban J connectivity index is 1.31. The van der Waals surface area contributed by atoms with Gasteiger partial charge in [-0.2, -0.15) is 0 Å². The summed E-state index contributed by atoms with van der Waals surface area (Å²) in [7, 11) is 0. The van der Waals surface area contributed by atoms with E-state index in [0.717, 1.165) is 17.3 Å². The standard InChI is InChI=1S/C47H64N2/c1-6-7-8-9-10-11-12-13-14-15-38-28-30-47(31-29-38,41-20-16-39(17-21-41)36(4)45-26-24-43(48)32-34(45)2)42-22-18-40(19-23-42)37(5)46-27-25-44(49)33-35(46)3/h16-27,32-33,36-38H,6-15,28-31,48-49H2,1-5H3. The molecule has 1 saturated carbocycles. The Morgan fingerprint density at radius 1 is 0.571 bits per heavy atom. The zero-order chi connectivity index (χ0) is 34.8. The first-order valence-electron chi connectivity index (χ1n) is 19.6. The maximum absolute atomic E-state index is 6.08. The van der Waals surface area contributed by atoms with Crippen molar-refractivity contribution in [1.82, 2.24) is 0 Å². The number of aryl methyl sites for hydroxylation is 2. The highest BCUT2D eigenvalue weighted by molar-refractivity contribution is 5.50. The topological polar surface area (TPSA) is 52.0 Å². The zero-order valence-electron chi connectivity index (χ0n) is 31.4. The highest BCUT2D eigenvalue weighted by Crippen LogP contribution is 2.48. The van der Waals surface area contributed by atoms with E-state index in [2.05, 4.69) is 107 Å². The first-order valence-corrected chi connectivity index (χ1v) is 19.6. The van der Waals surface area contributed by atoms with E-state index in [1.807, 2.05) is 12.1 Å². The van der Waals surface area contributed by atoms with Gasteiger partial charge in [-0.05, 0) is 114 Å². The molecule has 4 N–H and O–H groups in total. The van der Waals surface area contributed by atoms with Crippen LogP contribution in [0.3, 0.4) is 0 Å². The summed E-state index contributed by atoms with van der Waals surface area (Å²) in [6, 6.07) is 32.1. The first-order chi connectivity index (χ1) is 23.7. The Hall–Kier alpha value is -3.52. The molecule has 262 valence electrons. The predicted octanol–water partition coefficient (Wildman–Crippen LogP) is 13.2. The third kappa shape index (κ3) is 9.19. The lowest BCUT2D eigenvalue weighted by Crippen LogP contribution is -2.33. The van der Waals surface area contributed by atoms with E-state index < -0.39 is 0 Å². The minimum atomic E-state index is 0.0623. The summed E-state index contributed by atoms with van der Waals surface area (Å²) < 4.78 is 0. The first kappa shape index (κ1) is 36.8. The van der Waals surface area contributed by atoms with Gasteiger partial charge in [-0.3, -0.25) is 0 Å². The monoisotopic (exact) mass is 657 g/mol. The van der Waals surface area contributed by atoms with E-state index in [9.17, 15) is 0 Å². The number of unbranched alkanes of at least 4 members (excludes halogenated alkanes) is 8. The lowest BCUT2D eigenvalue weighted by atomic mass is 9.62. The quantitative estimate of drug-likeness (QED) is 0.0931. The largest absolute Gasteiger partial charge is 0.399 e. The van der Waals surface area contributed by atoms with Gasteiger partial charge in [-0.25, -0.2) is 0 Å². The van der Waals surface area contributed by atoms with Crippen LogP contribution in [0.2, 0.25) is 0 Å². The van der Waals surface area contributed by atoms with Crippen LogP contribution in [0, 0.1) is 19.8 Å². The number of rotatable bonds is 16. The molecule has 1 aliphatic carbocycles. The van der Waals surface area contributed by atoms with Crippen molar-refractivity contribution in [2.75, 3.05) is 11.5 Å². The molecule has 0 radical (unpaired) electrons. The molecule has 0 heterocycles. The van der Waals surface area contributed by atoms with Gasteiger partial charge in [0, 0.05) is 28.6 Å². The molecule has 0 aromatic heterocycles. The van der Waals surface area contributed by atoms with E-state index in [0.29, 0.717) is 11.8 Å². The summed E-state index contributed by atoms with van der Waals surface area (Å²) >= 11 is 0. The average molecular weight is 657 g/mol. The molecule has 2 unspecified atom stereocenters. The van der Waals surface area contributed by atoms with Gasteiger partial charge in [0.15, 0.2) is 0 Å². The van der Waals surface area contributed by atoms with Crippen molar-refractivity contribution in [1.29, 1.82) is 0 Å². The molecule has 0 spiro atoms. The number of hydrogen-bond acceptors (Lipinski definition) is 2. The number of anilines is 2. The van der Waals surface area contributed by atoms with E-state index in [1.165, 1.54) is 134 Å². The second kappa shape index (κ2) is 17.4. The lowest BCUT2D eigenvalue weighted by molar-refractivity contribution is 0.250. The second-order valence-corrected chi connectivity index (χ2v) is 15.6. The average Bonchev–Trinajstić information content (AvgIpc) is 3.11. The van der Waals surface area contributed by atoms with Crippen LogP contribution in [-0.2, 0) is 5.41 Å². The Kier molecular flexibility index (Phi) is 13.1. The maximum atomic E-state index is 6.08. The van der Waals surface area contributed by atoms with Crippen molar-refractivity contribution in [3.63, 3.8) is 0 Å². The van der Waals surface area contributed by atoms with E-state index in [-0.39, 0.29) is 5.41 Å². The van der Waals surface area contributed by atoms with Crippen molar-refractivity contribution in [2.24, 2.45) is 5.92 Å². The fraction of sp³-hybridized carbons (Fsp3) is 0.489. The molecule has 4 aromatic carbocycles. The second-order valence-electron chi connectivity index (χ2n) is 15.6. The third-order valence-corrected chi connectivity index (χ3v) is 12.1. The van der Waals surface area contributed by atoms with Crippen LogP contribution in [0.4, 0.5) is 11.4 Å². The van der Waals surface area contributed by atoms with E-state index in [1.54, 1.807) is 0 Å². The van der Waals surface area contributed by atoms with Gasteiger partial charge in [-0.15, -0.1) is 0 Å². The van der Waals surface area contributed by atoms with Crippen LogP contribution in [-0.4, -0.2) is 0 Å². The smallest absolute Gasteiger partial charge is 0.0316 e. The molecule has 0 bridgehead atoms. The highest BCUT2D eigenvalue weighted by atomic mass is 14.5. The zero-order valence-corrected chi connectivity index (χ0v) is 31.4. The number of benzene rings is 4. The third-order valence-electron chi connectivity index (χ3n) is 12.1. The molecule has 2 nitrogen and oxygen atoms in total. The van der Waals surface area contributed by atoms with Crippen LogP contribution >= 0.6 is 0 Å². The molecule has 4 aromatic rings. The van der Waals surface area contributed by atoms with E-state index in [4.69, 9.17) is 11.5 Å². The molecule has 2 heteroatoms. The molecule has 0 amide bonds. The van der Waals surface area contributed by atoms with Gasteiger partial charge in [0.05, 0.1) is 0 Å². The lowest BCUT2D eigenvalue weighted by Gasteiger charge is -2.42. The van der Waals surface area contributed by atoms with Gasteiger partial charge in [0.1, 0.15) is 0 Å². The normalized spacial score (nSPS) is 19.1. The van der Waals surface area contributed by atoms with Crippen molar-refractivity contribution >= 4 is 11.4 Å². The van der Waals surface area contributed by atoms with Crippen molar-refractivity contribution in [2.45, 2.75) is 142 Å². The molecule has 1 aliphatic rings. The van der Waals surface area contributed by atoms with Gasteiger partial charge >= 0.3 is 0 Å². The van der Waals surface area contributed by atoms with Gasteiger partial charge in [-0.1, -0.05) is 146 Å². The van der Waals surface area contributed by atoms with Crippen molar-refractivity contribution < 1.29 is 0 Å². The minimum Gasteiger partial charge on any atom is -0.399 e. The van der Waals surface area contributed by atoms with Crippen LogP contribution < -0.4 is 11.5 Å². The fourth-order valence-electron chi connectivity index (χ4n) is 8.86. The number of hydrogen-bond donors (Lipinski definition) is 2. The van der Waals surface area contributed by atoms with Crippen LogP contribution in [0.1, 0.15) is 167 Å². The Morgan fingerprint density at radius 2 is 0.980 bits per heavy atom. The summed E-state index contributed by atoms with van der Waals surface area (Å²) in [5.74, 6) is 1.52. The Bertz CT molecular complexity index is 1490. The molecule has 49 heavy (non-hydrogen) atoms. The van der Waals surface area contributed by atoms with Crippen LogP contribution in [0.15, 0.2) is 84.9 Å². The molecule has 0 aliphatic heterocycles. The predicted molar refractivity (Wildman–Crippen MR) is 214 cm³/mol. The van der Waals surface area contributed by atoms with Crippen LogP contribution in [0.5, 0.6) is 0 Å². The molecule has 1 fully saturated rings. The van der Waals surface area contributed by atoms with Gasteiger partial charge in [0.2, 0.25) is 0 Å². The van der Waals surface area contributed by atoms with Crippen molar-refractivity contribution in [3.8, 4) is 0 Å². The fourth-order valence-corrected chi connectivity index (χ4v) is 8.86. The van der Waals surface area contributed by atoms with Crippen LogP contribution in [0.25, 0.3) is 0 Å². The summed E-state index contributed by atoms with van der Waals surface area (Å²) in [6.45, 7) is 11.3. The number of nitrogen functional groups attached to an aromatic ring is 2. The summed E-state index contributed by atoms with van der Waals surface area (Å²) in [5.41, 5.74) is 24.8. The minimum absolute atomic E-state index is 0.0623. The number of nitrogens with two attached hydrogens (primary N) is 2. The Morgan fingerprint density at radius 3 is 1.39 bits per heavy atom.